The lowest BCUT2D eigenvalue weighted by molar-refractivity contribution is -0.661. The average molecular weight is 544 g/mol. The zero-order valence-electron chi connectivity index (χ0n) is 24.1. The van der Waals surface area contributed by atoms with Crippen LogP contribution in [0, 0.1) is 42.8 Å². The van der Waals surface area contributed by atoms with E-state index in [1.807, 2.05) is 36.9 Å². The van der Waals surface area contributed by atoms with E-state index in [9.17, 15) is 9.65 Å². The van der Waals surface area contributed by atoms with Crippen molar-refractivity contribution in [3.63, 3.8) is 0 Å². The minimum atomic E-state index is -0.241. The van der Waals surface area contributed by atoms with Crippen molar-refractivity contribution in [2.45, 2.75) is 64.7 Å². The van der Waals surface area contributed by atoms with Crippen LogP contribution in [0.1, 0.15) is 73.1 Å². The summed E-state index contributed by atoms with van der Waals surface area (Å²) in [5, 5.41) is 12.0. The second kappa shape index (κ2) is 10.1. The lowest BCUT2D eigenvalue weighted by atomic mass is 9.66. The maximum Gasteiger partial charge on any atom is 0.219 e. The molecule has 2 aliphatic rings. The Morgan fingerprint density at radius 2 is 1.54 bits per heavy atom. The Morgan fingerprint density at radius 3 is 2.29 bits per heavy atom. The normalized spacial score (nSPS) is 20.7. The van der Waals surface area contributed by atoms with Crippen LogP contribution in [-0.2, 0) is 7.05 Å². The van der Waals surface area contributed by atoms with Gasteiger partial charge in [-0.15, -0.1) is 0 Å². The van der Waals surface area contributed by atoms with E-state index >= 15 is 0 Å². The van der Waals surface area contributed by atoms with E-state index in [0.29, 0.717) is 22.6 Å². The predicted molar refractivity (Wildman–Crippen MR) is 162 cm³/mol. The van der Waals surface area contributed by atoms with Gasteiger partial charge in [0.2, 0.25) is 5.69 Å². The highest BCUT2D eigenvalue weighted by molar-refractivity contribution is 6.14. The summed E-state index contributed by atoms with van der Waals surface area (Å²) in [5.41, 5.74) is 8.49. The molecule has 0 saturated heterocycles. The van der Waals surface area contributed by atoms with E-state index in [1.165, 1.54) is 50.5 Å². The van der Waals surface area contributed by atoms with Crippen LogP contribution >= 0.6 is 0 Å². The van der Waals surface area contributed by atoms with Gasteiger partial charge in [0.25, 0.3) is 0 Å². The van der Waals surface area contributed by atoms with E-state index in [-0.39, 0.29) is 5.82 Å². The molecule has 2 aliphatic carbocycles. The molecule has 41 heavy (non-hydrogen) atoms. The van der Waals surface area contributed by atoms with Crippen LogP contribution < -0.4 is 4.57 Å². The molecule has 3 atom stereocenters. The summed E-state index contributed by atoms with van der Waals surface area (Å²) < 4.78 is 23.4. The van der Waals surface area contributed by atoms with Gasteiger partial charge in [-0.25, -0.2) is 8.96 Å². The molecular formula is C37H36FN2O+. The van der Waals surface area contributed by atoms with Gasteiger partial charge in [0, 0.05) is 28.0 Å². The number of hydrogen-bond donors (Lipinski definition) is 0. The maximum atomic E-state index is 14.7. The molecule has 4 heteroatoms. The molecule has 206 valence electrons. The highest BCUT2D eigenvalue weighted by atomic mass is 19.1. The fourth-order valence-corrected chi connectivity index (χ4v) is 7.80. The lowest BCUT2D eigenvalue weighted by Gasteiger charge is -2.39. The van der Waals surface area contributed by atoms with Gasteiger partial charge in [-0.05, 0) is 79.7 Å². The Kier molecular flexibility index (Phi) is 6.42. The summed E-state index contributed by atoms with van der Waals surface area (Å²) in [5.74, 6) is 2.21. The molecule has 0 spiro atoms. The number of benzene rings is 3. The molecule has 5 aromatic rings. The number of halogens is 1. The number of pyridine rings is 1. The monoisotopic (exact) mass is 543 g/mol. The first-order valence-corrected chi connectivity index (χ1v) is 15.1. The lowest BCUT2D eigenvalue weighted by Crippen LogP contribution is -2.31. The molecule has 2 heterocycles. The van der Waals surface area contributed by atoms with Crippen LogP contribution in [-0.4, -0.2) is 0 Å². The highest BCUT2D eigenvalue weighted by Gasteiger charge is 2.33. The minimum absolute atomic E-state index is 0.241. The van der Waals surface area contributed by atoms with Gasteiger partial charge in [0.15, 0.2) is 6.20 Å². The third-order valence-corrected chi connectivity index (χ3v) is 10.0. The van der Waals surface area contributed by atoms with Crippen LogP contribution in [0.15, 0.2) is 65.2 Å². The standard InChI is InChI=1S/C37H36FN2O/c1-22-8-16-30-31-17-15-29(20-39)35(37(31)41-36(30)34(22)33-19-32(38)23(2)21-40(33)3)26-12-9-25(10-13-26)28-14-11-24-6-4-5-7-27(24)18-28/h8-10,12-13,15-17,19,21,24,27-28H,4-7,11,14,18H2,1-3H3/q+1. The fourth-order valence-electron chi connectivity index (χ4n) is 7.80. The average Bonchev–Trinajstić information content (AvgIpc) is 3.37. The van der Waals surface area contributed by atoms with Gasteiger partial charge in [-0.3, -0.25) is 0 Å². The van der Waals surface area contributed by atoms with Crippen molar-refractivity contribution in [3.8, 4) is 28.5 Å². The largest absolute Gasteiger partial charge is 0.454 e. The zero-order chi connectivity index (χ0) is 28.2. The molecule has 3 nitrogen and oxygen atoms in total. The maximum absolute atomic E-state index is 14.7. The number of rotatable bonds is 3. The summed E-state index contributed by atoms with van der Waals surface area (Å²) in [6.45, 7) is 3.80. The van der Waals surface area contributed by atoms with Gasteiger partial charge < -0.3 is 4.42 Å². The van der Waals surface area contributed by atoms with Gasteiger partial charge in [-0.2, -0.15) is 5.26 Å². The van der Waals surface area contributed by atoms with E-state index in [0.717, 1.165) is 56.1 Å². The molecule has 0 N–H and O–H groups in total. The Morgan fingerprint density at radius 1 is 0.829 bits per heavy atom. The molecule has 2 saturated carbocycles. The van der Waals surface area contributed by atoms with Crippen molar-refractivity contribution in [2.24, 2.45) is 18.9 Å². The molecule has 0 aliphatic heterocycles. The molecule has 0 bridgehead atoms. The molecule has 3 aromatic carbocycles. The Labute approximate surface area is 241 Å². The van der Waals surface area contributed by atoms with Gasteiger partial charge in [-0.1, -0.05) is 62.1 Å². The number of nitrogens with zero attached hydrogens (tertiary/aromatic N) is 2. The van der Waals surface area contributed by atoms with Crippen molar-refractivity contribution < 1.29 is 13.4 Å². The molecular weight excluding hydrogens is 507 g/mol. The Balaban J connectivity index is 1.34. The second-order valence-corrected chi connectivity index (χ2v) is 12.4. The van der Waals surface area contributed by atoms with E-state index in [1.54, 1.807) is 13.0 Å². The van der Waals surface area contributed by atoms with Crippen LogP contribution in [0.25, 0.3) is 44.3 Å². The molecule has 2 aromatic heterocycles. The van der Waals surface area contributed by atoms with Crippen molar-refractivity contribution in [1.82, 2.24) is 0 Å². The molecule has 7 rings (SSSR count). The van der Waals surface area contributed by atoms with E-state index < -0.39 is 0 Å². The SMILES string of the molecule is Cc1c[n+](C)c(-c2c(C)ccc3c2oc2c(-c4ccc(C5CCC6CCCCC6C5)cc4)c(C#N)ccc23)cc1F. The molecule has 2 fully saturated rings. The molecule has 3 unspecified atom stereocenters. The first-order chi connectivity index (χ1) is 19.9. The summed E-state index contributed by atoms with van der Waals surface area (Å²) in [4.78, 5) is 0. The number of furan rings is 1. The van der Waals surface area contributed by atoms with Crippen molar-refractivity contribution in [3.05, 3.63) is 88.9 Å². The highest BCUT2D eigenvalue weighted by Crippen LogP contribution is 2.47. The Hall–Kier alpha value is -3.97. The summed E-state index contributed by atoms with van der Waals surface area (Å²) in [6.07, 6.45) is 11.4. The topological polar surface area (TPSA) is 40.8 Å². The number of nitriles is 1. The molecule has 0 amide bonds. The van der Waals surface area contributed by atoms with Gasteiger partial charge in [0.1, 0.15) is 24.0 Å². The first kappa shape index (κ1) is 26.0. The van der Waals surface area contributed by atoms with Crippen molar-refractivity contribution in [1.29, 1.82) is 5.26 Å². The van der Waals surface area contributed by atoms with Gasteiger partial charge >= 0.3 is 0 Å². The van der Waals surface area contributed by atoms with Crippen LogP contribution in [0.5, 0.6) is 0 Å². The quantitative estimate of drug-likeness (QED) is 0.213. The minimum Gasteiger partial charge on any atom is -0.454 e. The third kappa shape index (κ3) is 4.34. The summed E-state index contributed by atoms with van der Waals surface area (Å²) in [6, 6.07) is 20.9. The van der Waals surface area contributed by atoms with E-state index in [2.05, 4.69) is 42.5 Å². The second-order valence-electron chi connectivity index (χ2n) is 12.4. The smallest absolute Gasteiger partial charge is 0.219 e. The number of fused-ring (bicyclic) bond motifs is 4. The third-order valence-electron chi connectivity index (χ3n) is 10.0. The first-order valence-electron chi connectivity index (χ1n) is 15.1. The van der Waals surface area contributed by atoms with Crippen LogP contribution in [0.3, 0.4) is 0 Å². The predicted octanol–water partition coefficient (Wildman–Crippen LogP) is 9.45. The summed E-state index contributed by atoms with van der Waals surface area (Å²) >= 11 is 0. The fraction of sp³-hybridized carbons (Fsp3) is 0.351. The Bertz CT molecular complexity index is 1840. The van der Waals surface area contributed by atoms with Crippen molar-refractivity contribution >= 4 is 21.9 Å². The van der Waals surface area contributed by atoms with Crippen LogP contribution in [0.2, 0.25) is 0 Å². The van der Waals surface area contributed by atoms with E-state index in [4.69, 9.17) is 4.42 Å². The number of aryl methyl sites for hydroxylation is 3. The molecule has 0 radical (unpaired) electrons. The van der Waals surface area contributed by atoms with Gasteiger partial charge in [0.05, 0.1) is 17.2 Å². The summed E-state index contributed by atoms with van der Waals surface area (Å²) in [7, 11) is 1.93. The number of aromatic nitrogens is 1. The zero-order valence-corrected chi connectivity index (χ0v) is 24.1. The van der Waals surface area contributed by atoms with Crippen LogP contribution in [0.4, 0.5) is 4.39 Å². The number of hydrogen-bond acceptors (Lipinski definition) is 2. The van der Waals surface area contributed by atoms with Crippen molar-refractivity contribution in [2.75, 3.05) is 0 Å².